The summed E-state index contributed by atoms with van der Waals surface area (Å²) in [5.41, 5.74) is 2.16. The molecule has 1 amide bonds. The second kappa shape index (κ2) is 10.0. The van der Waals surface area contributed by atoms with Gasteiger partial charge in [0, 0.05) is 12.2 Å². The van der Waals surface area contributed by atoms with Gasteiger partial charge in [0.2, 0.25) is 0 Å². The first-order valence-corrected chi connectivity index (χ1v) is 9.73. The Balaban J connectivity index is 1.94. The van der Waals surface area contributed by atoms with Gasteiger partial charge in [-0.15, -0.1) is 0 Å². The molecule has 0 spiro atoms. The number of benzene rings is 1. The van der Waals surface area contributed by atoms with Crippen LogP contribution >= 0.6 is 0 Å². The number of hydrogen-bond donors (Lipinski definition) is 2. The summed E-state index contributed by atoms with van der Waals surface area (Å²) in [5, 5.41) is 2.68. The molecule has 2 N–H and O–H groups in total. The lowest BCUT2D eigenvalue weighted by Gasteiger charge is -2.13. The van der Waals surface area contributed by atoms with Crippen molar-refractivity contribution < 1.29 is 28.2 Å². The molecule has 7 nitrogen and oxygen atoms in total. The third kappa shape index (κ3) is 5.92. The fraction of sp³-hybridized carbons (Fsp3) is 0.409. The molecule has 0 aliphatic carbocycles. The number of amides is 1. The molecular formula is C22H27FN2O5. The van der Waals surface area contributed by atoms with Crippen molar-refractivity contribution >= 4 is 17.8 Å². The van der Waals surface area contributed by atoms with E-state index in [2.05, 4.69) is 10.3 Å². The van der Waals surface area contributed by atoms with Gasteiger partial charge in [-0.25, -0.2) is 14.0 Å². The topological polar surface area (TPSA) is 97.5 Å². The van der Waals surface area contributed by atoms with Crippen molar-refractivity contribution in [1.82, 2.24) is 10.3 Å². The number of esters is 2. The average Bonchev–Trinajstić information content (AvgIpc) is 2.97. The van der Waals surface area contributed by atoms with E-state index < -0.39 is 23.9 Å². The van der Waals surface area contributed by atoms with Gasteiger partial charge in [0.1, 0.15) is 11.5 Å². The first-order chi connectivity index (χ1) is 14.1. The molecule has 162 valence electrons. The van der Waals surface area contributed by atoms with Gasteiger partial charge in [-0.1, -0.05) is 12.1 Å². The van der Waals surface area contributed by atoms with Gasteiger partial charge in [0.25, 0.3) is 5.91 Å². The third-order valence-corrected chi connectivity index (χ3v) is 4.47. The van der Waals surface area contributed by atoms with Crippen molar-refractivity contribution in [3.8, 4) is 0 Å². The molecule has 0 saturated carbocycles. The molecule has 30 heavy (non-hydrogen) atoms. The quantitative estimate of drug-likeness (QED) is 0.642. The van der Waals surface area contributed by atoms with Crippen molar-refractivity contribution in [2.75, 3.05) is 6.54 Å². The largest absolute Gasteiger partial charge is 0.459 e. The summed E-state index contributed by atoms with van der Waals surface area (Å²) in [5.74, 6) is -2.04. The van der Waals surface area contributed by atoms with Crippen molar-refractivity contribution in [2.45, 2.75) is 53.2 Å². The highest BCUT2D eigenvalue weighted by molar-refractivity contribution is 5.99. The third-order valence-electron chi connectivity index (χ3n) is 4.47. The lowest BCUT2D eigenvalue weighted by atomic mass is 10.1. The molecule has 0 bridgehead atoms. The molecular weight excluding hydrogens is 391 g/mol. The second-order valence-electron chi connectivity index (χ2n) is 7.29. The van der Waals surface area contributed by atoms with Crippen LogP contribution < -0.4 is 5.32 Å². The lowest BCUT2D eigenvalue weighted by molar-refractivity contribution is -0.129. The Kier molecular flexibility index (Phi) is 7.74. The standard InChI is InChI=1S/C22H27FN2O5/c1-12(2)29-21(27)18-13(3)19(25-14(18)4)22(28)30-15(5)20(26)24-11-10-16-6-8-17(23)9-7-16/h6-9,12,15,25H,10-11H2,1-5H3,(H,24,26)/t15-/m1/s1. The second-order valence-corrected chi connectivity index (χ2v) is 7.29. The molecule has 2 aromatic rings. The van der Waals surface area contributed by atoms with E-state index in [0.717, 1.165) is 5.56 Å². The Labute approximate surface area is 175 Å². The smallest absolute Gasteiger partial charge is 0.355 e. The lowest BCUT2D eigenvalue weighted by Crippen LogP contribution is -2.37. The van der Waals surface area contributed by atoms with Gasteiger partial charge < -0.3 is 19.8 Å². The summed E-state index contributed by atoms with van der Waals surface area (Å²) in [7, 11) is 0. The maximum absolute atomic E-state index is 12.9. The van der Waals surface area contributed by atoms with Gasteiger partial charge in [-0.05, 0) is 64.3 Å². The van der Waals surface area contributed by atoms with Gasteiger partial charge in [0.15, 0.2) is 6.10 Å². The van der Waals surface area contributed by atoms with Crippen molar-refractivity contribution in [2.24, 2.45) is 0 Å². The predicted octanol–water partition coefficient (Wildman–Crippen LogP) is 3.24. The Morgan fingerprint density at radius 3 is 2.27 bits per heavy atom. The van der Waals surface area contributed by atoms with Crippen LogP contribution in [0.15, 0.2) is 24.3 Å². The maximum atomic E-state index is 12.9. The fourth-order valence-corrected chi connectivity index (χ4v) is 2.93. The molecule has 1 aromatic carbocycles. The Hall–Kier alpha value is -3.16. The van der Waals surface area contributed by atoms with Crippen LogP contribution in [0.4, 0.5) is 4.39 Å². The number of carbonyl (C=O) groups excluding carboxylic acids is 3. The molecule has 0 aliphatic rings. The van der Waals surface area contributed by atoms with E-state index in [-0.39, 0.29) is 23.2 Å². The molecule has 0 fully saturated rings. The Morgan fingerprint density at radius 2 is 1.67 bits per heavy atom. The number of nitrogens with one attached hydrogen (secondary N) is 2. The number of carbonyl (C=O) groups is 3. The minimum Gasteiger partial charge on any atom is -0.459 e. The number of aromatic nitrogens is 1. The van der Waals surface area contributed by atoms with E-state index in [9.17, 15) is 18.8 Å². The van der Waals surface area contributed by atoms with E-state index in [1.807, 2.05) is 0 Å². The highest BCUT2D eigenvalue weighted by atomic mass is 19.1. The number of aromatic amines is 1. The van der Waals surface area contributed by atoms with Crippen molar-refractivity contribution in [3.63, 3.8) is 0 Å². The van der Waals surface area contributed by atoms with Crippen LogP contribution in [-0.4, -0.2) is 41.6 Å². The predicted molar refractivity (Wildman–Crippen MR) is 109 cm³/mol. The highest BCUT2D eigenvalue weighted by Crippen LogP contribution is 2.20. The van der Waals surface area contributed by atoms with Crippen LogP contribution in [0, 0.1) is 19.7 Å². The van der Waals surface area contributed by atoms with Crippen LogP contribution in [0.3, 0.4) is 0 Å². The van der Waals surface area contributed by atoms with Crippen LogP contribution in [0.25, 0.3) is 0 Å². The molecule has 8 heteroatoms. The summed E-state index contributed by atoms with van der Waals surface area (Å²) >= 11 is 0. The molecule has 1 heterocycles. The summed E-state index contributed by atoms with van der Waals surface area (Å²) in [4.78, 5) is 39.8. The molecule has 0 saturated heterocycles. The number of aryl methyl sites for hydroxylation is 1. The first-order valence-electron chi connectivity index (χ1n) is 9.73. The van der Waals surface area contributed by atoms with E-state index in [1.165, 1.54) is 19.1 Å². The normalized spacial score (nSPS) is 11.8. The minimum absolute atomic E-state index is 0.106. The van der Waals surface area contributed by atoms with Crippen molar-refractivity contribution in [3.05, 3.63) is 58.2 Å². The number of rotatable bonds is 8. The summed E-state index contributed by atoms with van der Waals surface area (Å²) in [6, 6.07) is 5.99. The molecule has 1 aromatic heterocycles. The van der Waals surface area contributed by atoms with Crippen LogP contribution in [0.2, 0.25) is 0 Å². The summed E-state index contributed by atoms with van der Waals surface area (Å²) < 4.78 is 23.4. The van der Waals surface area contributed by atoms with E-state index in [4.69, 9.17) is 9.47 Å². The minimum atomic E-state index is -1.03. The SMILES string of the molecule is Cc1[nH]c(C(=O)O[C@H](C)C(=O)NCCc2ccc(F)cc2)c(C)c1C(=O)OC(C)C. The molecule has 0 aliphatic heterocycles. The van der Waals surface area contributed by atoms with Crippen molar-refractivity contribution in [1.29, 1.82) is 0 Å². The summed E-state index contributed by atoms with van der Waals surface area (Å²) in [6.07, 6.45) is -0.803. The first kappa shape index (κ1) is 23.1. The Bertz CT molecular complexity index is 918. The highest BCUT2D eigenvalue weighted by Gasteiger charge is 2.26. The number of halogens is 1. The van der Waals surface area contributed by atoms with Crippen LogP contribution in [-0.2, 0) is 20.7 Å². The zero-order chi connectivity index (χ0) is 22.4. The van der Waals surface area contributed by atoms with Gasteiger partial charge in [-0.2, -0.15) is 0 Å². The summed E-state index contributed by atoms with van der Waals surface area (Å²) in [6.45, 7) is 8.53. The van der Waals surface area contributed by atoms with E-state index in [1.54, 1.807) is 39.8 Å². The molecule has 0 radical (unpaired) electrons. The Morgan fingerprint density at radius 1 is 1.03 bits per heavy atom. The van der Waals surface area contributed by atoms with Crippen LogP contribution in [0.5, 0.6) is 0 Å². The average molecular weight is 418 g/mol. The van der Waals surface area contributed by atoms with Gasteiger partial charge >= 0.3 is 11.9 Å². The molecule has 1 atom stereocenters. The molecule has 2 rings (SSSR count). The maximum Gasteiger partial charge on any atom is 0.355 e. The molecule has 0 unspecified atom stereocenters. The number of hydrogen-bond acceptors (Lipinski definition) is 5. The van der Waals surface area contributed by atoms with E-state index >= 15 is 0 Å². The monoisotopic (exact) mass is 418 g/mol. The zero-order valence-corrected chi connectivity index (χ0v) is 17.8. The number of H-pyrrole nitrogens is 1. The van der Waals surface area contributed by atoms with E-state index in [0.29, 0.717) is 24.2 Å². The van der Waals surface area contributed by atoms with Crippen LogP contribution in [0.1, 0.15) is 58.4 Å². The van der Waals surface area contributed by atoms with Gasteiger partial charge in [0.05, 0.1) is 11.7 Å². The fourth-order valence-electron chi connectivity index (χ4n) is 2.93. The zero-order valence-electron chi connectivity index (χ0n) is 17.8. The number of ether oxygens (including phenoxy) is 2. The van der Waals surface area contributed by atoms with Gasteiger partial charge in [-0.3, -0.25) is 4.79 Å².